The first-order chi connectivity index (χ1) is 13.5. The van der Waals surface area contributed by atoms with E-state index in [0.29, 0.717) is 31.2 Å². The Kier molecular flexibility index (Phi) is 6.65. The number of Topliss-reactive ketones (excluding diaryl/α,β-unsaturated/α-hetero) is 1. The number of thioether (sulfide) groups is 1. The van der Waals surface area contributed by atoms with Crippen molar-refractivity contribution in [2.24, 2.45) is 5.41 Å². The average molecular weight is 405 g/mol. The van der Waals surface area contributed by atoms with E-state index in [9.17, 15) is 19.5 Å². The summed E-state index contributed by atoms with van der Waals surface area (Å²) in [6.07, 6.45) is 3.66. The summed E-state index contributed by atoms with van der Waals surface area (Å²) >= 11 is 1.81. The molecule has 28 heavy (non-hydrogen) atoms. The summed E-state index contributed by atoms with van der Waals surface area (Å²) in [6.45, 7) is 2.00. The van der Waals surface area contributed by atoms with E-state index in [-0.39, 0.29) is 29.1 Å². The van der Waals surface area contributed by atoms with E-state index in [1.807, 2.05) is 24.8 Å². The van der Waals surface area contributed by atoms with Crippen molar-refractivity contribution in [1.29, 1.82) is 0 Å². The Morgan fingerprint density at radius 2 is 1.89 bits per heavy atom. The molecule has 4 atom stereocenters. The number of amides is 2. The molecule has 2 saturated heterocycles. The summed E-state index contributed by atoms with van der Waals surface area (Å²) in [5, 5.41) is 16.2. The molecule has 152 valence electrons. The number of unbranched alkanes of at least 4 members (excludes halogenated alkanes) is 1. The van der Waals surface area contributed by atoms with Crippen molar-refractivity contribution >= 4 is 29.5 Å². The maximum absolute atomic E-state index is 13.2. The molecule has 2 amide bonds. The molecule has 3 N–H and O–H groups in total. The number of carboxylic acids is 1. The summed E-state index contributed by atoms with van der Waals surface area (Å²) < 4.78 is 0. The number of nitrogens with one attached hydrogen (secondary N) is 2. The van der Waals surface area contributed by atoms with Crippen LogP contribution in [0.3, 0.4) is 0 Å². The van der Waals surface area contributed by atoms with Gasteiger partial charge in [0.15, 0.2) is 5.78 Å². The second-order valence-electron chi connectivity index (χ2n) is 7.70. The molecule has 0 bridgehead atoms. The van der Waals surface area contributed by atoms with Crippen molar-refractivity contribution in [3.8, 4) is 0 Å². The van der Waals surface area contributed by atoms with Crippen LogP contribution in [-0.2, 0) is 4.79 Å². The lowest BCUT2D eigenvalue weighted by molar-refractivity contribution is -0.146. The molecule has 3 rings (SSSR count). The highest BCUT2D eigenvalue weighted by molar-refractivity contribution is 8.00. The Labute approximate surface area is 169 Å². The Morgan fingerprint density at radius 1 is 1.18 bits per heavy atom. The third kappa shape index (κ3) is 4.19. The van der Waals surface area contributed by atoms with Gasteiger partial charge in [0.05, 0.1) is 12.1 Å². The molecule has 1 aromatic carbocycles. The SMILES string of the molecule is CCCCC(CCC[C@@H]1SC[C@@H]2NC(=O)N[C@@H]21)(C(=O)O)C(=O)c1ccccc1. The predicted molar refractivity (Wildman–Crippen MR) is 110 cm³/mol. The Morgan fingerprint density at radius 3 is 2.57 bits per heavy atom. The maximum Gasteiger partial charge on any atom is 0.317 e. The second-order valence-corrected chi connectivity index (χ2v) is 8.97. The van der Waals surface area contributed by atoms with Gasteiger partial charge in [0.1, 0.15) is 5.41 Å². The summed E-state index contributed by atoms with van der Waals surface area (Å²) in [5.74, 6) is -0.443. The summed E-state index contributed by atoms with van der Waals surface area (Å²) in [5.41, 5.74) is -0.916. The number of hydrogen-bond donors (Lipinski definition) is 3. The largest absolute Gasteiger partial charge is 0.480 e. The van der Waals surface area contributed by atoms with Gasteiger partial charge in [-0.05, 0) is 19.3 Å². The maximum atomic E-state index is 13.2. The van der Waals surface area contributed by atoms with Crippen LogP contribution < -0.4 is 10.6 Å². The van der Waals surface area contributed by atoms with Crippen LogP contribution in [0.2, 0.25) is 0 Å². The molecule has 2 aliphatic heterocycles. The van der Waals surface area contributed by atoms with E-state index in [1.54, 1.807) is 24.3 Å². The quantitative estimate of drug-likeness (QED) is 0.315. The number of fused-ring (bicyclic) bond motifs is 1. The third-order valence-corrected chi connectivity index (χ3v) is 7.38. The number of aliphatic carboxylic acids is 1. The molecule has 2 fully saturated rings. The highest BCUT2D eigenvalue weighted by atomic mass is 32.2. The summed E-state index contributed by atoms with van der Waals surface area (Å²) in [4.78, 5) is 37.1. The van der Waals surface area contributed by atoms with Gasteiger partial charge in [0.2, 0.25) is 0 Å². The second kappa shape index (κ2) is 8.99. The molecule has 0 radical (unpaired) electrons. The fourth-order valence-electron chi connectivity index (χ4n) is 4.26. The van der Waals surface area contributed by atoms with Gasteiger partial charge in [-0.3, -0.25) is 9.59 Å². The zero-order valence-corrected chi connectivity index (χ0v) is 17.0. The van der Waals surface area contributed by atoms with Gasteiger partial charge in [-0.1, -0.05) is 56.5 Å². The lowest BCUT2D eigenvalue weighted by atomic mass is 9.72. The van der Waals surface area contributed by atoms with Crippen LogP contribution in [0.15, 0.2) is 30.3 Å². The normalized spacial score (nSPS) is 25.5. The summed E-state index contributed by atoms with van der Waals surface area (Å²) in [6, 6.07) is 8.88. The zero-order valence-electron chi connectivity index (χ0n) is 16.1. The number of carbonyl (C=O) groups excluding carboxylic acids is 2. The Balaban J connectivity index is 1.71. The van der Waals surface area contributed by atoms with Gasteiger partial charge in [0, 0.05) is 16.6 Å². The van der Waals surface area contributed by atoms with Gasteiger partial charge in [-0.15, -0.1) is 0 Å². The van der Waals surface area contributed by atoms with Crippen molar-refractivity contribution < 1.29 is 19.5 Å². The first-order valence-electron chi connectivity index (χ1n) is 10.00. The smallest absolute Gasteiger partial charge is 0.317 e. The number of benzene rings is 1. The molecule has 1 unspecified atom stereocenters. The molecule has 2 aliphatic rings. The topological polar surface area (TPSA) is 95.5 Å². The molecule has 0 aliphatic carbocycles. The van der Waals surface area contributed by atoms with Gasteiger partial charge < -0.3 is 15.7 Å². The third-order valence-electron chi connectivity index (χ3n) is 5.87. The van der Waals surface area contributed by atoms with Crippen LogP contribution in [0, 0.1) is 5.41 Å². The van der Waals surface area contributed by atoms with Crippen LogP contribution in [0.25, 0.3) is 0 Å². The lowest BCUT2D eigenvalue weighted by Gasteiger charge is -2.29. The molecular weight excluding hydrogens is 376 g/mol. The number of ketones is 1. The number of urea groups is 1. The minimum Gasteiger partial charge on any atom is -0.480 e. The molecule has 1 aromatic rings. The highest BCUT2D eigenvalue weighted by Crippen LogP contribution is 2.38. The summed E-state index contributed by atoms with van der Waals surface area (Å²) in [7, 11) is 0. The van der Waals surface area contributed by atoms with Crippen LogP contribution in [0.4, 0.5) is 4.79 Å². The molecular formula is C21H28N2O4S. The number of carbonyl (C=O) groups is 3. The Bertz CT molecular complexity index is 726. The van der Waals surface area contributed by atoms with Crippen molar-refractivity contribution in [3.63, 3.8) is 0 Å². The van der Waals surface area contributed by atoms with Crippen molar-refractivity contribution in [1.82, 2.24) is 10.6 Å². The zero-order chi connectivity index (χ0) is 20.1. The van der Waals surface area contributed by atoms with E-state index in [0.717, 1.165) is 18.6 Å². The van der Waals surface area contributed by atoms with E-state index in [1.165, 1.54) is 0 Å². The van der Waals surface area contributed by atoms with E-state index in [2.05, 4.69) is 10.6 Å². The van der Waals surface area contributed by atoms with Gasteiger partial charge in [-0.25, -0.2) is 4.79 Å². The first-order valence-corrected chi connectivity index (χ1v) is 11.0. The van der Waals surface area contributed by atoms with E-state index in [4.69, 9.17) is 0 Å². The van der Waals surface area contributed by atoms with Crippen LogP contribution in [0.1, 0.15) is 55.8 Å². The molecule has 7 heteroatoms. The molecule has 6 nitrogen and oxygen atoms in total. The monoisotopic (exact) mass is 404 g/mol. The standard InChI is InChI=1S/C21H28N2O4S/c1-2-3-11-21(19(25)26,18(24)14-8-5-4-6-9-14)12-7-10-16-17-15(13-28-16)22-20(27)23-17/h4-6,8-9,15-17H,2-3,7,10-13H2,1H3,(H,25,26)(H2,22,23,27)/t15-,16-,17-,21?/m0/s1. The molecule has 0 aromatic heterocycles. The minimum absolute atomic E-state index is 0.0946. The van der Waals surface area contributed by atoms with Crippen molar-refractivity contribution in [3.05, 3.63) is 35.9 Å². The fourth-order valence-corrected chi connectivity index (χ4v) is 5.80. The number of carboxylic acid groups (broad SMARTS) is 1. The van der Waals surface area contributed by atoms with E-state index < -0.39 is 11.4 Å². The van der Waals surface area contributed by atoms with Gasteiger partial charge in [0.25, 0.3) is 0 Å². The van der Waals surface area contributed by atoms with Gasteiger partial charge >= 0.3 is 12.0 Å². The average Bonchev–Trinajstić information content (AvgIpc) is 3.24. The van der Waals surface area contributed by atoms with Crippen LogP contribution in [-0.4, -0.2) is 46.0 Å². The van der Waals surface area contributed by atoms with Crippen LogP contribution in [0.5, 0.6) is 0 Å². The van der Waals surface area contributed by atoms with Crippen molar-refractivity contribution in [2.75, 3.05) is 5.75 Å². The molecule has 2 heterocycles. The van der Waals surface area contributed by atoms with Crippen LogP contribution >= 0.6 is 11.8 Å². The fraction of sp³-hybridized carbons (Fsp3) is 0.571. The van der Waals surface area contributed by atoms with E-state index >= 15 is 0 Å². The minimum atomic E-state index is -1.38. The highest BCUT2D eigenvalue weighted by Gasteiger charge is 2.46. The first kappa shape index (κ1) is 20.7. The molecule has 0 saturated carbocycles. The molecule has 0 spiro atoms. The lowest BCUT2D eigenvalue weighted by Crippen LogP contribution is -2.40. The van der Waals surface area contributed by atoms with Gasteiger partial charge in [-0.2, -0.15) is 11.8 Å². The number of hydrogen-bond acceptors (Lipinski definition) is 4. The van der Waals surface area contributed by atoms with Crippen molar-refractivity contribution in [2.45, 2.75) is 62.8 Å². The predicted octanol–water partition coefficient (Wildman–Crippen LogP) is 3.47. The Hall–Kier alpha value is -2.02. The number of rotatable bonds is 10.